The molecule has 0 aliphatic heterocycles. The molecular weight excluding hydrogens is 262 g/mol. The molecule has 7 heteroatoms. The molecule has 17 heavy (non-hydrogen) atoms. The predicted octanol–water partition coefficient (Wildman–Crippen LogP) is 1.75. The Labute approximate surface area is 107 Å². The Morgan fingerprint density at radius 3 is 2.76 bits per heavy atom. The molecule has 5 nitrogen and oxygen atoms in total. The van der Waals surface area contributed by atoms with E-state index in [0.29, 0.717) is 10.6 Å². The topological polar surface area (TPSA) is 72.5 Å². The van der Waals surface area contributed by atoms with E-state index in [1.807, 2.05) is 0 Å². The van der Waals surface area contributed by atoms with Crippen molar-refractivity contribution in [1.29, 1.82) is 0 Å². The Morgan fingerprint density at radius 2 is 2.18 bits per heavy atom. The highest BCUT2D eigenvalue weighted by Gasteiger charge is 2.15. The molecule has 0 atom stereocenters. The van der Waals surface area contributed by atoms with Crippen molar-refractivity contribution in [2.45, 2.75) is 6.92 Å². The first-order valence-electron chi connectivity index (χ1n) is 4.63. The average molecular weight is 273 g/mol. The second-order valence-corrected chi connectivity index (χ2v) is 5.05. The molecule has 0 unspecified atom stereocenters. The van der Waals surface area contributed by atoms with Gasteiger partial charge < -0.3 is 10.1 Å². The van der Waals surface area contributed by atoms with Gasteiger partial charge in [0.05, 0.1) is 18.4 Å². The van der Waals surface area contributed by atoms with Crippen LogP contribution >= 0.6 is 23.1 Å². The van der Waals surface area contributed by atoms with Crippen molar-refractivity contribution in [2.24, 2.45) is 0 Å². The van der Waals surface area contributed by atoms with Crippen LogP contribution in [0.2, 0.25) is 0 Å². The minimum absolute atomic E-state index is 0.0356. The minimum Gasteiger partial charge on any atom is -0.465 e. The standard InChI is InChI=1S/C10H11NO4S2/c1-6(12)17-5-8(13)11-9-7(3-4-16-9)10(14)15-2/h3-4H,5H2,1-2H3,(H,11,13). The lowest BCUT2D eigenvalue weighted by molar-refractivity contribution is -0.114. The van der Waals surface area contributed by atoms with Gasteiger partial charge >= 0.3 is 5.97 Å². The number of ether oxygens (including phenoxy) is 1. The van der Waals surface area contributed by atoms with Gasteiger partial charge in [0, 0.05) is 6.92 Å². The predicted molar refractivity (Wildman–Crippen MR) is 67.4 cm³/mol. The fourth-order valence-electron chi connectivity index (χ4n) is 1.01. The molecule has 0 aliphatic carbocycles. The molecule has 1 rings (SSSR count). The van der Waals surface area contributed by atoms with Gasteiger partial charge in [0.1, 0.15) is 5.00 Å². The van der Waals surface area contributed by atoms with Crippen molar-refractivity contribution in [1.82, 2.24) is 0 Å². The van der Waals surface area contributed by atoms with E-state index in [1.54, 1.807) is 11.4 Å². The minimum atomic E-state index is -0.499. The average Bonchev–Trinajstić information content (AvgIpc) is 2.73. The molecule has 0 spiro atoms. The fourth-order valence-corrected chi connectivity index (χ4v) is 2.20. The number of nitrogens with one attached hydrogen (secondary N) is 1. The van der Waals surface area contributed by atoms with Crippen molar-refractivity contribution >= 4 is 45.1 Å². The maximum Gasteiger partial charge on any atom is 0.340 e. The van der Waals surface area contributed by atoms with E-state index in [0.717, 1.165) is 11.8 Å². The normalized spacial score (nSPS) is 9.76. The third-order valence-corrected chi connectivity index (χ3v) is 3.37. The molecule has 0 saturated carbocycles. The van der Waals surface area contributed by atoms with E-state index in [1.165, 1.54) is 25.4 Å². The van der Waals surface area contributed by atoms with Crippen molar-refractivity contribution in [3.63, 3.8) is 0 Å². The molecule has 0 fully saturated rings. The zero-order valence-electron chi connectivity index (χ0n) is 9.31. The van der Waals surface area contributed by atoms with Gasteiger partial charge in [-0.1, -0.05) is 11.8 Å². The van der Waals surface area contributed by atoms with Crippen LogP contribution in [0, 0.1) is 0 Å². The van der Waals surface area contributed by atoms with Crippen LogP contribution in [-0.2, 0) is 14.3 Å². The second-order valence-electron chi connectivity index (χ2n) is 2.98. The lowest BCUT2D eigenvalue weighted by Gasteiger charge is -2.04. The number of esters is 1. The number of methoxy groups -OCH3 is 1. The number of hydrogen-bond donors (Lipinski definition) is 1. The third-order valence-electron chi connectivity index (χ3n) is 1.73. The molecule has 92 valence electrons. The van der Waals surface area contributed by atoms with Crippen LogP contribution in [0.3, 0.4) is 0 Å². The molecule has 0 radical (unpaired) electrons. The van der Waals surface area contributed by atoms with Crippen molar-refractivity contribution in [3.8, 4) is 0 Å². The highest BCUT2D eigenvalue weighted by molar-refractivity contribution is 8.14. The van der Waals surface area contributed by atoms with Gasteiger partial charge in [-0.2, -0.15) is 0 Å². The first-order chi connectivity index (χ1) is 8.04. The van der Waals surface area contributed by atoms with Gasteiger partial charge in [0.2, 0.25) is 5.91 Å². The lowest BCUT2D eigenvalue weighted by Crippen LogP contribution is -2.16. The summed E-state index contributed by atoms with van der Waals surface area (Å²) in [6, 6.07) is 1.57. The summed E-state index contributed by atoms with van der Waals surface area (Å²) in [6.45, 7) is 1.39. The second kappa shape index (κ2) is 6.41. The Bertz CT molecular complexity index is 441. The van der Waals surface area contributed by atoms with Crippen LogP contribution in [0.5, 0.6) is 0 Å². The molecule has 0 aromatic carbocycles. The summed E-state index contributed by atoms with van der Waals surface area (Å²) in [5.41, 5.74) is 0.318. The molecule has 1 heterocycles. The van der Waals surface area contributed by atoms with Gasteiger partial charge in [-0.25, -0.2) is 4.79 Å². The quantitative estimate of drug-likeness (QED) is 0.846. The van der Waals surface area contributed by atoms with Gasteiger partial charge in [0.25, 0.3) is 0 Å². The van der Waals surface area contributed by atoms with Crippen LogP contribution in [0.25, 0.3) is 0 Å². The molecule has 1 N–H and O–H groups in total. The first-order valence-corrected chi connectivity index (χ1v) is 6.50. The molecule has 1 amide bonds. The Balaban J connectivity index is 2.62. The number of thiophene rings is 1. The summed E-state index contributed by atoms with van der Waals surface area (Å²) in [5, 5.41) is 4.56. The number of rotatable bonds is 4. The Hall–Kier alpha value is -1.34. The highest BCUT2D eigenvalue weighted by Crippen LogP contribution is 2.24. The van der Waals surface area contributed by atoms with Crippen LogP contribution in [0.1, 0.15) is 17.3 Å². The highest BCUT2D eigenvalue weighted by atomic mass is 32.2. The van der Waals surface area contributed by atoms with Gasteiger partial charge in [0.15, 0.2) is 5.12 Å². The van der Waals surface area contributed by atoms with Gasteiger partial charge in [-0.15, -0.1) is 11.3 Å². The number of carbonyl (C=O) groups excluding carboxylic acids is 3. The Morgan fingerprint density at radius 1 is 1.47 bits per heavy atom. The van der Waals surface area contributed by atoms with Gasteiger partial charge in [-0.3, -0.25) is 9.59 Å². The van der Waals surface area contributed by atoms with Crippen molar-refractivity contribution in [3.05, 3.63) is 17.0 Å². The summed E-state index contributed by atoms with van der Waals surface area (Å²) in [5.74, 6) is -0.785. The summed E-state index contributed by atoms with van der Waals surface area (Å²) < 4.78 is 4.57. The maximum atomic E-state index is 11.4. The van der Waals surface area contributed by atoms with Crippen LogP contribution in [-0.4, -0.2) is 29.9 Å². The summed E-state index contributed by atoms with van der Waals surface area (Å²) >= 11 is 2.15. The first kappa shape index (κ1) is 13.7. The number of anilines is 1. The molecule has 1 aromatic rings. The van der Waals surface area contributed by atoms with E-state index >= 15 is 0 Å². The van der Waals surface area contributed by atoms with E-state index in [2.05, 4.69) is 10.1 Å². The fraction of sp³-hybridized carbons (Fsp3) is 0.300. The van der Waals surface area contributed by atoms with Crippen molar-refractivity contribution < 1.29 is 19.1 Å². The smallest absolute Gasteiger partial charge is 0.340 e. The Kier molecular flexibility index (Phi) is 5.17. The van der Waals surface area contributed by atoms with Crippen molar-refractivity contribution in [2.75, 3.05) is 18.2 Å². The molecule has 0 saturated heterocycles. The molecule has 0 bridgehead atoms. The van der Waals surface area contributed by atoms with E-state index in [-0.39, 0.29) is 16.8 Å². The number of thioether (sulfide) groups is 1. The van der Waals surface area contributed by atoms with E-state index in [9.17, 15) is 14.4 Å². The van der Waals surface area contributed by atoms with E-state index in [4.69, 9.17) is 0 Å². The van der Waals surface area contributed by atoms with Crippen LogP contribution in [0.15, 0.2) is 11.4 Å². The molecule has 0 aliphatic rings. The van der Waals surface area contributed by atoms with Gasteiger partial charge in [-0.05, 0) is 11.4 Å². The lowest BCUT2D eigenvalue weighted by atomic mass is 10.3. The zero-order chi connectivity index (χ0) is 12.8. The molecular formula is C10H11NO4S2. The largest absolute Gasteiger partial charge is 0.465 e. The zero-order valence-corrected chi connectivity index (χ0v) is 10.9. The summed E-state index contributed by atoms with van der Waals surface area (Å²) in [4.78, 5) is 33.4. The van der Waals surface area contributed by atoms with Crippen LogP contribution in [0.4, 0.5) is 5.00 Å². The maximum absolute atomic E-state index is 11.4. The van der Waals surface area contributed by atoms with Crippen LogP contribution < -0.4 is 5.32 Å². The number of carbonyl (C=O) groups is 3. The summed E-state index contributed by atoms with van der Waals surface area (Å²) in [6.07, 6.45) is 0. The SMILES string of the molecule is COC(=O)c1ccsc1NC(=O)CSC(C)=O. The molecule has 1 aromatic heterocycles. The monoisotopic (exact) mass is 273 g/mol. The summed E-state index contributed by atoms with van der Waals surface area (Å²) in [7, 11) is 1.28. The number of hydrogen-bond acceptors (Lipinski definition) is 6. The number of amides is 1. The van der Waals surface area contributed by atoms with E-state index < -0.39 is 5.97 Å². The third kappa shape index (κ3) is 4.20.